The van der Waals surface area contributed by atoms with E-state index in [1.165, 1.54) is 4.90 Å². The molecule has 0 spiro atoms. The molecule has 1 saturated heterocycles. The number of carbonyl (C=O) groups is 3. The molecule has 3 rings (SSSR count). The molecule has 176 valence electrons. The fourth-order valence-electron chi connectivity index (χ4n) is 4.29. The first-order valence-electron chi connectivity index (χ1n) is 11.5. The van der Waals surface area contributed by atoms with E-state index in [0.29, 0.717) is 25.4 Å². The molecule has 2 N–H and O–H groups in total. The highest BCUT2D eigenvalue weighted by molar-refractivity contribution is 5.86. The van der Waals surface area contributed by atoms with Crippen molar-refractivity contribution in [1.82, 2.24) is 15.5 Å². The molecule has 1 aromatic carbocycles. The summed E-state index contributed by atoms with van der Waals surface area (Å²) in [6.07, 6.45) is 3.16. The number of nitrogens with one attached hydrogen (secondary N) is 2. The van der Waals surface area contributed by atoms with Crippen LogP contribution in [-0.2, 0) is 20.9 Å². The summed E-state index contributed by atoms with van der Waals surface area (Å²) in [5, 5.41) is 5.92. The number of amides is 3. The van der Waals surface area contributed by atoms with Gasteiger partial charge in [0.05, 0.1) is 0 Å². The van der Waals surface area contributed by atoms with Crippen LogP contribution in [-0.4, -0.2) is 53.8 Å². The maximum atomic E-state index is 12.8. The summed E-state index contributed by atoms with van der Waals surface area (Å²) in [5.41, 5.74) is 0.391. The lowest BCUT2D eigenvalue weighted by atomic mass is 10.1. The number of hydrogen-bond acceptors (Lipinski definition) is 5. The van der Waals surface area contributed by atoms with Crippen molar-refractivity contribution in [2.45, 2.75) is 77.2 Å². The van der Waals surface area contributed by atoms with E-state index in [0.717, 1.165) is 31.2 Å². The van der Waals surface area contributed by atoms with Gasteiger partial charge in [0.2, 0.25) is 5.91 Å². The summed E-state index contributed by atoms with van der Waals surface area (Å²) in [5.74, 6) is 0.154. The standard InChI is InChI=1S/C24H35N3O5/c1-24(2,3)32-22(29)26-19-12-11-18(14-19)15-25-21(28)20-10-7-13-27(20)23(30)31-16-17-8-5-4-6-9-17/h4-6,8-9,18-20H,7,10-16H2,1-3H3,(H,25,28)(H,26,29)/t18-,19+,20-/m0/s1. The first-order chi connectivity index (χ1) is 15.2. The zero-order valence-corrected chi connectivity index (χ0v) is 19.3. The molecule has 1 heterocycles. The van der Waals surface area contributed by atoms with Crippen molar-refractivity contribution in [3.63, 3.8) is 0 Å². The Hall–Kier alpha value is -2.77. The zero-order chi connectivity index (χ0) is 23.1. The molecule has 1 saturated carbocycles. The second-order valence-corrected chi connectivity index (χ2v) is 9.66. The number of carbonyl (C=O) groups excluding carboxylic acids is 3. The SMILES string of the molecule is CC(C)(C)OC(=O)N[C@@H]1CC[C@H](CNC(=O)[C@@H]2CCCN2C(=O)OCc2ccccc2)C1. The van der Waals surface area contributed by atoms with Crippen molar-refractivity contribution >= 4 is 18.1 Å². The van der Waals surface area contributed by atoms with Crippen LogP contribution in [0.3, 0.4) is 0 Å². The van der Waals surface area contributed by atoms with Gasteiger partial charge in [-0.05, 0) is 64.4 Å². The van der Waals surface area contributed by atoms with Crippen LogP contribution >= 0.6 is 0 Å². The van der Waals surface area contributed by atoms with Crippen LogP contribution in [0.4, 0.5) is 9.59 Å². The molecule has 0 unspecified atom stereocenters. The van der Waals surface area contributed by atoms with E-state index in [1.807, 2.05) is 51.1 Å². The molecule has 8 heteroatoms. The van der Waals surface area contributed by atoms with Crippen LogP contribution in [0, 0.1) is 5.92 Å². The zero-order valence-electron chi connectivity index (χ0n) is 19.3. The Labute approximate surface area is 190 Å². The van der Waals surface area contributed by atoms with Crippen molar-refractivity contribution in [2.75, 3.05) is 13.1 Å². The number of alkyl carbamates (subject to hydrolysis) is 1. The Bertz CT molecular complexity index is 793. The van der Waals surface area contributed by atoms with E-state index < -0.39 is 23.8 Å². The molecule has 3 amide bonds. The third-order valence-corrected chi connectivity index (χ3v) is 5.82. The van der Waals surface area contributed by atoms with E-state index in [-0.39, 0.29) is 18.6 Å². The Morgan fingerprint density at radius 1 is 1.09 bits per heavy atom. The molecule has 32 heavy (non-hydrogen) atoms. The van der Waals surface area contributed by atoms with Gasteiger partial charge in [-0.25, -0.2) is 9.59 Å². The highest BCUT2D eigenvalue weighted by Gasteiger charge is 2.36. The number of ether oxygens (including phenoxy) is 2. The molecule has 0 radical (unpaired) electrons. The smallest absolute Gasteiger partial charge is 0.410 e. The van der Waals surface area contributed by atoms with Crippen LogP contribution in [0.25, 0.3) is 0 Å². The predicted molar refractivity (Wildman–Crippen MR) is 120 cm³/mol. The summed E-state index contributed by atoms with van der Waals surface area (Å²) in [6, 6.07) is 9.06. The molecule has 1 aliphatic heterocycles. The molecular formula is C24H35N3O5. The first kappa shape index (κ1) is 23.9. The molecule has 0 bridgehead atoms. The average Bonchev–Trinajstić information content (AvgIpc) is 3.39. The van der Waals surface area contributed by atoms with Crippen molar-refractivity contribution in [3.8, 4) is 0 Å². The molecule has 2 aliphatic rings. The van der Waals surface area contributed by atoms with Gasteiger partial charge in [-0.3, -0.25) is 9.69 Å². The molecule has 1 aromatic rings. The van der Waals surface area contributed by atoms with Gasteiger partial charge in [-0.1, -0.05) is 30.3 Å². The van der Waals surface area contributed by atoms with E-state index in [2.05, 4.69) is 10.6 Å². The van der Waals surface area contributed by atoms with Gasteiger partial charge in [0.1, 0.15) is 18.2 Å². The summed E-state index contributed by atoms with van der Waals surface area (Å²) in [7, 11) is 0. The average molecular weight is 446 g/mol. The Morgan fingerprint density at radius 3 is 2.56 bits per heavy atom. The third-order valence-electron chi connectivity index (χ3n) is 5.82. The topological polar surface area (TPSA) is 97.0 Å². The molecule has 8 nitrogen and oxygen atoms in total. The number of benzene rings is 1. The predicted octanol–water partition coefficient (Wildman–Crippen LogP) is 3.60. The molecule has 2 fully saturated rings. The van der Waals surface area contributed by atoms with E-state index in [4.69, 9.17) is 9.47 Å². The summed E-state index contributed by atoms with van der Waals surface area (Å²) >= 11 is 0. The van der Waals surface area contributed by atoms with Crippen molar-refractivity contribution in [2.24, 2.45) is 5.92 Å². The Kier molecular flexibility index (Phi) is 7.99. The number of rotatable bonds is 6. The fraction of sp³-hybridized carbons (Fsp3) is 0.625. The number of likely N-dealkylation sites (tertiary alicyclic amines) is 1. The maximum absolute atomic E-state index is 12.8. The fourth-order valence-corrected chi connectivity index (χ4v) is 4.29. The molecular weight excluding hydrogens is 410 g/mol. The Morgan fingerprint density at radius 2 is 1.84 bits per heavy atom. The van der Waals surface area contributed by atoms with Crippen LogP contribution in [0.15, 0.2) is 30.3 Å². The van der Waals surface area contributed by atoms with Gasteiger partial charge < -0.3 is 20.1 Å². The highest BCUT2D eigenvalue weighted by Crippen LogP contribution is 2.26. The van der Waals surface area contributed by atoms with Gasteiger partial charge >= 0.3 is 12.2 Å². The van der Waals surface area contributed by atoms with Gasteiger partial charge in [0.25, 0.3) is 0 Å². The minimum atomic E-state index is -0.522. The van der Waals surface area contributed by atoms with Crippen LogP contribution in [0.1, 0.15) is 58.4 Å². The first-order valence-corrected chi connectivity index (χ1v) is 11.5. The van der Waals surface area contributed by atoms with Crippen LogP contribution in [0.5, 0.6) is 0 Å². The second kappa shape index (κ2) is 10.7. The number of hydrogen-bond donors (Lipinski definition) is 2. The monoisotopic (exact) mass is 445 g/mol. The van der Waals surface area contributed by atoms with Crippen LogP contribution in [0.2, 0.25) is 0 Å². The van der Waals surface area contributed by atoms with E-state index >= 15 is 0 Å². The quantitative estimate of drug-likeness (QED) is 0.697. The molecule has 3 atom stereocenters. The molecule has 1 aliphatic carbocycles. The normalized spacial score (nSPS) is 23.0. The minimum Gasteiger partial charge on any atom is -0.445 e. The van der Waals surface area contributed by atoms with E-state index in [9.17, 15) is 14.4 Å². The van der Waals surface area contributed by atoms with Crippen LogP contribution < -0.4 is 10.6 Å². The van der Waals surface area contributed by atoms with Gasteiger partial charge in [0, 0.05) is 19.1 Å². The third kappa shape index (κ3) is 7.14. The highest BCUT2D eigenvalue weighted by atomic mass is 16.6. The number of nitrogens with zero attached hydrogens (tertiary/aromatic N) is 1. The largest absolute Gasteiger partial charge is 0.445 e. The second-order valence-electron chi connectivity index (χ2n) is 9.66. The lowest BCUT2D eigenvalue weighted by Gasteiger charge is -2.24. The van der Waals surface area contributed by atoms with Gasteiger partial charge in [-0.2, -0.15) is 0 Å². The summed E-state index contributed by atoms with van der Waals surface area (Å²) in [4.78, 5) is 38.7. The maximum Gasteiger partial charge on any atom is 0.410 e. The lowest BCUT2D eigenvalue weighted by molar-refractivity contribution is -0.125. The summed E-state index contributed by atoms with van der Waals surface area (Å²) < 4.78 is 10.7. The molecule has 0 aromatic heterocycles. The van der Waals surface area contributed by atoms with Crippen molar-refractivity contribution in [1.29, 1.82) is 0 Å². The van der Waals surface area contributed by atoms with Crippen molar-refractivity contribution in [3.05, 3.63) is 35.9 Å². The van der Waals surface area contributed by atoms with Crippen molar-refractivity contribution < 1.29 is 23.9 Å². The van der Waals surface area contributed by atoms with E-state index in [1.54, 1.807) is 0 Å². The Balaban J connectivity index is 1.40. The minimum absolute atomic E-state index is 0.0581. The van der Waals surface area contributed by atoms with Gasteiger partial charge in [0.15, 0.2) is 0 Å². The van der Waals surface area contributed by atoms with Gasteiger partial charge in [-0.15, -0.1) is 0 Å². The summed E-state index contributed by atoms with van der Waals surface area (Å²) in [6.45, 7) is 6.76. The lowest BCUT2D eigenvalue weighted by Crippen LogP contribution is -2.47.